The third-order valence-electron chi connectivity index (χ3n) is 1.92. The first kappa shape index (κ1) is 9.57. The van der Waals surface area contributed by atoms with Gasteiger partial charge < -0.3 is 9.72 Å². The Balaban J connectivity index is 2.87. The van der Waals surface area contributed by atoms with Gasteiger partial charge in [0.2, 0.25) is 0 Å². The fourth-order valence-electron chi connectivity index (χ4n) is 1.22. The molecule has 1 N–H and O–H groups in total. The van der Waals surface area contributed by atoms with Gasteiger partial charge in [-0.3, -0.25) is 4.79 Å². The summed E-state index contributed by atoms with van der Waals surface area (Å²) in [6.45, 7) is 0. The second kappa shape index (κ2) is 3.30. The lowest BCUT2D eigenvalue weighted by atomic mass is 10.3. The van der Waals surface area contributed by atoms with E-state index in [2.05, 4.69) is 14.7 Å². The maximum absolute atomic E-state index is 13.2. The van der Waals surface area contributed by atoms with Crippen molar-refractivity contribution in [1.82, 2.24) is 9.97 Å². The number of hydrogen-bond donors (Lipinski definition) is 1. The van der Waals surface area contributed by atoms with Gasteiger partial charge >= 0.3 is 5.56 Å². The highest BCUT2D eigenvalue weighted by Gasteiger charge is 2.11. The molecule has 1 heterocycles. The first-order valence-electron chi connectivity index (χ1n) is 4.05. The van der Waals surface area contributed by atoms with Crippen LogP contribution in [0.3, 0.4) is 0 Å². The summed E-state index contributed by atoms with van der Waals surface area (Å²) in [4.78, 5) is 17.1. The molecule has 78 valence electrons. The topological polar surface area (TPSA) is 55.0 Å². The maximum Gasteiger partial charge on any atom is 0.311 e. The molecular formula is C9H6F2N2O2. The Kier molecular flexibility index (Phi) is 2.11. The molecule has 2 rings (SSSR count). The Bertz CT molecular complexity index is 580. The molecule has 6 heteroatoms. The van der Waals surface area contributed by atoms with Crippen molar-refractivity contribution in [2.45, 2.75) is 0 Å². The van der Waals surface area contributed by atoms with Crippen LogP contribution in [-0.2, 0) is 0 Å². The van der Waals surface area contributed by atoms with Crippen LogP contribution in [0, 0.1) is 11.6 Å². The van der Waals surface area contributed by atoms with Crippen LogP contribution in [0.2, 0.25) is 0 Å². The zero-order valence-corrected chi connectivity index (χ0v) is 7.67. The van der Waals surface area contributed by atoms with Gasteiger partial charge in [-0.2, -0.15) is 0 Å². The Morgan fingerprint density at radius 2 is 2.13 bits per heavy atom. The molecule has 0 unspecified atom stereocenters. The average Bonchev–Trinajstić information content (AvgIpc) is 2.24. The van der Waals surface area contributed by atoms with E-state index in [0.29, 0.717) is 0 Å². The number of nitrogens with one attached hydrogen (secondary N) is 1. The van der Waals surface area contributed by atoms with Crippen LogP contribution in [-0.4, -0.2) is 17.1 Å². The summed E-state index contributed by atoms with van der Waals surface area (Å²) in [6, 6.07) is 2.19. The van der Waals surface area contributed by atoms with Crippen LogP contribution in [0.4, 0.5) is 8.78 Å². The van der Waals surface area contributed by atoms with E-state index in [1.165, 1.54) is 13.2 Å². The first-order valence-corrected chi connectivity index (χ1v) is 4.05. The lowest BCUT2D eigenvalue weighted by molar-refractivity contribution is 0.392. The SMILES string of the molecule is COc1nc2ccc(F)c(F)c2[nH]c1=O. The fraction of sp³-hybridized carbons (Fsp3) is 0.111. The second-order valence-corrected chi connectivity index (χ2v) is 2.83. The van der Waals surface area contributed by atoms with Gasteiger partial charge in [-0.15, -0.1) is 0 Å². The molecule has 0 radical (unpaired) electrons. The van der Waals surface area contributed by atoms with Gasteiger partial charge in [0.05, 0.1) is 12.6 Å². The highest BCUT2D eigenvalue weighted by atomic mass is 19.2. The number of aromatic amines is 1. The number of ether oxygens (including phenoxy) is 1. The summed E-state index contributed by atoms with van der Waals surface area (Å²) in [5.41, 5.74) is -0.833. The van der Waals surface area contributed by atoms with Crippen LogP contribution in [0.1, 0.15) is 0 Å². The smallest absolute Gasteiger partial charge is 0.311 e. The van der Waals surface area contributed by atoms with Crippen molar-refractivity contribution in [2.75, 3.05) is 7.11 Å². The molecule has 4 nitrogen and oxygen atoms in total. The van der Waals surface area contributed by atoms with Crippen LogP contribution in [0.5, 0.6) is 5.88 Å². The van der Waals surface area contributed by atoms with E-state index in [1.807, 2.05) is 0 Å². The molecule has 0 saturated heterocycles. The maximum atomic E-state index is 13.2. The van der Waals surface area contributed by atoms with Crippen molar-refractivity contribution in [2.24, 2.45) is 0 Å². The molecule has 0 aliphatic carbocycles. The highest BCUT2D eigenvalue weighted by molar-refractivity contribution is 5.75. The molecule has 0 saturated carbocycles. The van der Waals surface area contributed by atoms with Crippen molar-refractivity contribution in [3.63, 3.8) is 0 Å². The van der Waals surface area contributed by atoms with Crippen molar-refractivity contribution in [3.05, 3.63) is 34.1 Å². The number of methoxy groups -OCH3 is 1. The van der Waals surface area contributed by atoms with E-state index in [-0.39, 0.29) is 16.9 Å². The van der Waals surface area contributed by atoms with E-state index < -0.39 is 17.2 Å². The number of halogens is 2. The normalized spacial score (nSPS) is 10.6. The molecule has 0 bridgehead atoms. The van der Waals surface area contributed by atoms with E-state index >= 15 is 0 Å². The summed E-state index contributed by atoms with van der Waals surface area (Å²) in [5, 5.41) is 0. The summed E-state index contributed by atoms with van der Waals surface area (Å²) >= 11 is 0. The minimum absolute atomic E-state index is 0.130. The largest absolute Gasteiger partial charge is 0.477 e. The first-order chi connectivity index (χ1) is 7.13. The van der Waals surface area contributed by atoms with E-state index in [9.17, 15) is 13.6 Å². The van der Waals surface area contributed by atoms with Crippen molar-refractivity contribution in [1.29, 1.82) is 0 Å². The number of rotatable bonds is 1. The standard InChI is InChI=1S/C9H6F2N2O2/c1-15-9-8(14)13-7-5(12-9)3-2-4(10)6(7)11/h2-3H,1H3,(H,13,14). The molecule has 15 heavy (non-hydrogen) atoms. The number of nitrogens with zero attached hydrogens (tertiary/aromatic N) is 1. The molecule has 0 fully saturated rings. The van der Waals surface area contributed by atoms with Gasteiger partial charge in [-0.1, -0.05) is 0 Å². The number of H-pyrrole nitrogens is 1. The Morgan fingerprint density at radius 3 is 2.80 bits per heavy atom. The molecule has 2 aromatic rings. The molecule has 1 aromatic heterocycles. The quantitative estimate of drug-likeness (QED) is 0.772. The van der Waals surface area contributed by atoms with Crippen LogP contribution in [0.15, 0.2) is 16.9 Å². The van der Waals surface area contributed by atoms with Crippen molar-refractivity contribution in [3.8, 4) is 5.88 Å². The molecule has 1 aromatic carbocycles. The monoisotopic (exact) mass is 212 g/mol. The number of hydrogen-bond acceptors (Lipinski definition) is 3. The minimum Gasteiger partial charge on any atom is -0.477 e. The summed E-state index contributed by atoms with van der Waals surface area (Å²) in [5.74, 6) is -2.35. The van der Waals surface area contributed by atoms with Gasteiger partial charge in [0.15, 0.2) is 11.6 Å². The summed E-state index contributed by atoms with van der Waals surface area (Å²) in [6.07, 6.45) is 0. The number of fused-ring (bicyclic) bond motifs is 1. The lowest BCUT2D eigenvalue weighted by Crippen LogP contribution is -2.12. The zero-order chi connectivity index (χ0) is 11.0. The fourth-order valence-corrected chi connectivity index (χ4v) is 1.22. The van der Waals surface area contributed by atoms with E-state index in [1.54, 1.807) is 0 Å². The minimum atomic E-state index is -1.13. The Labute approximate surface area is 82.5 Å². The van der Waals surface area contributed by atoms with E-state index in [0.717, 1.165) is 6.07 Å². The summed E-state index contributed by atoms with van der Waals surface area (Å²) in [7, 11) is 1.27. The van der Waals surface area contributed by atoms with Gasteiger partial charge in [0.1, 0.15) is 5.52 Å². The highest BCUT2D eigenvalue weighted by Crippen LogP contribution is 2.16. The van der Waals surface area contributed by atoms with E-state index in [4.69, 9.17) is 0 Å². The number of benzene rings is 1. The van der Waals surface area contributed by atoms with Crippen molar-refractivity contribution < 1.29 is 13.5 Å². The zero-order valence-electron chi connectivity index (χ0n) is 7.67. The molecular weight excluding hydrogens is 206 g/mol. The Morgan fingerprint density at radius 1 is 1.40 bits per heavy atom. The van der Waals surface area contributed by atoms with Gasteiger partial charge in [-0.05, 0) is 12.1 Å². The lowest BCUT2D eigenvalue weighted by Gasteiger charge is -2.01. The van der Waals surface area contributed by atoms with Crippen molar-refractivity contribution >= 4 is 11.0 Å². The van der Waals surface area contributed by atoms with Crippen LogP contribution in [0.25, 0.3) is 11.0 Å². The molecule has 0 spiro atoms. The second-order valence-electron chi connectivity index (χ2n) is 2.83. The molecule has 0 aliphatic heterocycles. The van der Waals surface area contributed by atoms with Crippen LogP contribution < -0.4 is 10.3 Å². The van der Waals surface area contributed by atoms with Gasteiger partial charge in [-0.25, -0.2) is 13.8 Å². The molecule has 0 aliphatic rings. The summed E-state index contributed by atoms with van der Waals surface area (Å²) < 4.78 is 30.6. The van der Waals surface area contributed by atoms with Gasteiger partial charge in [0.25, 0.3) is 5.88 Å². The van der Waals surface area contributed by atoms with Gasteiger partial charge in [0, 0.05) is 0 Å². The average molecular weight is 212 g/mol. The Hall–Kier alpha value is -1.98. The molecule has 0 atom stereocenters. The molecule has 0 amide bonds. The third-order valence-corrected chi connectivity index (χ3v) is 1.92. The van der Waals surface area contributed by atoms with Crippen LogP contribution >= 0.6 is 0 Å². The third kappa shape index (κ3) is 1.43. The number of aromatic nitrogens is 2. The predicted octanol–water partition coefficient (Wildman–Crippen LogP) is 1.21. The predicted molar refractivity (Wildman–Crippen MR) is 48.8 cm³/mol.